The molecule has 0 aliphatic carbocycles. The molecule has 21 heavy (non-hydrogen) atoms. The number of rotatable bonds is 5. The van der Waals surface area contributed by atoms with Gasteiger partial charge in [-0.05, 0) is 12.1 Å². The van der Waals surface area contributed by atoms with Crippen molar-refractivity contribution < 1.29 is 28.2 Å². The van der Waals surface area contributed by atoms with Crippen molar-refractivity contribution >= 4 is 11.6 Å². The average Bonchev–Trinajstić information content (AvgIpc) is 2.42. The number of anilines is 1. The molecule has 1 aromatic carbocycles. The monoisotopic (exact) mass is 307 g/mol. The van der Waals surface area contributed by atoms with Gasteiger partial charge in [0.25, 0.3) is 0 Å². The highest BCUT2D eigenvalue weighted by molar-refractivity contribution is 5.72. The van der Waals surface area contributed by atoms with Crippen LogP contribution in [0.4, 0.5) is 18.9 Å². The molecule has 0 heterocycles. The molecule has 118 valence electrons. The van der Waals surface area contributed by atoms with Crippen LogP contribution in [0.25, 0.3) is 0 Å². The molecule has 0 aliphatic heterocycles. The summed E-state index contributed by atoms with van der Waals surface area (Å²) >= 11 is 0. The molecule has 9 heteroatoms. The molecule has 0 saturated carbocycles. The van der Waals surface area contributed by atoms with Gasteiger partial charge in [0.15, 0.2) is 0 Å². The minimum Gasteiger partial charge on any atom is -0.388 e. The lowest BCUT2D eigenvalue weighted by atomic mass is 10.00. The quantitative estimate of drug-likeness (QED) is 0.403. The minimum absolute atomic E-state index is 0.0108. The van der Waals surface area contributed by atoms with E-state index in [1.165, 1.54) is 6.92 Å². The van der Waals surface area contributed by atoms with Crippen molar-refractivity contribution in [2.75, 3.05) is 12.0 Å². The van der Waals surface area contributed by atoms with Crippen LogP contribution < -0.4 is 16.6 Å². The Morgan fingerprint density at radius 3 is 2.48 bits per heavy atom. The Morgan fingerprint density at radius 2 is 2.00 bits per heavy atom. The molecular weight excluding hydrogens is 291 g/mol. The van der Waals surface area contributed by atoms with E-state index in [2.05, 4.69) is 10.7 Å². The Kier molecular flexibility index (Phi) is 5.53. The number of nitrogens with one attached hydrogen (secondary N) is 2. The van der Waals surface area contributed by atoms with E-state index in [1.54, 1.807) is 0 Å². The first-order chi connectivity index (χ1) is 9.66. The Morgan fingerprint density at radius 1 is 1.38 bits per heavy atom. The van der Waals surface area contributed by atoms with Crippen LogP contribution in [-0.2, 0) is 11.0 Å². The highest BCUT2D eigenvalue weighted by Crippen LogP contribution is 2.34. The van der Waals surface area contributed by atoms with Crippen LogP contribution in [0.5, 0.6) is 0 Å². The second-order valence-electron chi connectivity index (χ2n) is 4.39. The molecule has 2 unspecified atom stereocenters. The molecule has 0 aliphatic rings. The summed E-state index contributed by atoms with van der Waals surface area (Å²) in [4.78, 5) is 10.7. The molecule has 1 aromatic rings. The summed E-state index contributed by atoms with van der Waals surface area (Å²) in [5, 5.41) is 21.9. The lowest BCUT2D eigenvalue weighted by Gasteiger charge is -2.21. The number of aliphatic hydroxyl groups excluding tert-OH is 2. The predicted molar refractivity (Wildman–Crippen MR) is 68.9 cm³/mol. The number of hydrogen-bond donors (Lipinski definition) is 5. The summed E-state index contributed by atoms with van der Waals surface area (Å²) < 4.78 is 37.7. The molecule has 0 saturated heterocycles. The van der Waals surface area contributed by atoms with Gasteiger partial charge >= 0.3 is 6.18 Å². The van der Waals surface area contributed by atoms with Crippen LogP contribution in [0.15, 0.2) is 18.2 Å². The van der Waals surface area contributed by atoms with Crippen molar-refractivity contribution in [3.05, 3.63) is 29.3 Å². The number of benzene rings is 1. The number of hydrazine groups is 1. The van der Waals surface area contributed by atoms with Gasteiger partial charge in [-0.2, -0.15) is 13.2 Å². The third-order valence-electron chi connectivity index (χ3n) is 2.78. The van der Waals surface area contributed by atoms with Crippen molar-refractivity contribution in [3.63, 3.8) is 0 Å². The van der Waals surface area contributed by atoms with Crippen LogP contribution in [0.2, 0.25) is 0 Å². The number of carbonyl (C=O) groups is 1. The number of alkyl halides is 3. The first kappa shape index (κ1) is 17.2. The largest absolute Gasteiger partial charge is 0.416 e. The number of aliphatic hydroxyl groups is 2. The fourth-order valence-corrected chi connectivity index (χ4v) is 1.68. The summed E-state index contributed by atoms with van der Waals surface area (Å²) in [7, 11) is 0. The second-order valence-corrected chi connectivity index (χ2v) is 4.39. The van der Waals surface area contributed by atoms with E-state index in [1.807, 2.05) is 0 Å². The van der Waals surface area contributed by atoms with Gasteiger partial charge < -0.3 is 21.0 Å². The van der Waals surface area contributed by atoms with Gasteiger partial charge in [-0.25, -0.2) is 0 Å². The molecular formula is C12H16F3N3O3. The maximum atomic E-state index is 12.6. The van der Waals surface area contributed by atoms with Crippen molar-refractivity contribution in [2.45, 2.75) is 25.3 Å². The van der Waals surface area contributed by atoms with Crippen LogP contribution in [0, 0.1) is 0 Å². The fourth-order valence-electron chi connectivity index (χ4n) is 1.68. The number of hydrogen-bond acceptors (Lipinski definition) is 5. The molecule has 1 rings (SSSR count). The van der Waals surface area contributed by atoms with Crippen LogP contribution >= 0.6 is 0 Å². The Bertz CT molecular complexity index is 508. The van der Waals surface area contributed by atoms with Gasteiger partial charge in [0.2, 0.25) is 5.91 Å². The number of amides is 1. The normalized spacial score (nSPS) is 14.4. The van der Waals surface area contributed by atoms with E-state index in [4.69, 9.17) is 5.84 Å². The highest BCUT2D eigenvalue weighted by Gasteiger charge is 2.32. The van der Waals surface area contributed by atoms with Gasteiger partial charge in [0, 0.05) is 19.0 Å². The van der Waals surface area contributed by atoms with E-state index in [0.717, 1.165) is 18.2 Å². The highest BCUT2D eigenvalue weighted by atomic mass is 19.4. The SMILES string of the molecule is CC(=O)NCC(O)C(O)c1ccc(C(F)(F)F)cc1NN. The molecule has 0 aromatic heterocycles. The van der Waals surface area contributed by atoms with Gasteiger partial charge in [-0.15, -0.1) is 0 Å². The summed E-state index contributed by atoms with van der Waals surface area (Å²) in [6.07, 6.45) is -7.45. The number of nitrogens with two attached hydrogens (primary N) is 1. The van der Waals surface area contributed by atoms with Gasteiger partial charge in [-0.1, -0.05) is 6.07 Å². The van der Waals surface area contributed by atoms with Gasteiger partial charge in [0.05, 0.1) is 11.3 Å². The molecule has 0 fully saturated rings. The van der Waals surface area contributed by atoms with Crippen molar-refractivity contribution in [2.24, 2.45) is 5.84 Å². The topological polar surface area (TPSA) is 108 Å². The molecule has 1 amide bonds. The third kappa shape index (κ3) is 4.59. The zero-order valence-corrected chi connectivity index (χ0v) is 11.1. The lowest BCUT2D eigenvalue weighted by molar-refractivity contribution is -0.137. The van der Waals surface area contributed by atoms with E-state index in [-0.39, 0.29) is 17.8 Å². The molecule has 6 N–H and O–H groups in total. The van der Waals surface area contributed by atoms with Crippen LogP contribution in [-0.4, -0.2) is 28.8 Å². The Hall–Kier alpha value is -1.84. The van der Waals surface area contributed by atoms with Crippen molar-refractivity contribution in [3.8, 4) is 0 Å². The zero-order valence-electron chi connectivity index (χ0n) is 11.1. The summed E-state index contributed by atoms with van der Waals surface area (Å²) in [6.45, 7) is 0.978. The fraction of sp³-hybridized carbons (Fsp3) is 0.417. The van der Waals surface area contributed by atoms with Gasteiger partial charge in [-0.3, -0.25) is 10.6 Å². The third-order valence-corrected chi connectivity index (χ3v) is 2.78. The minimum atomic E-state index is -4.55. The number of carbonyl (C=O) groups excluding carboxylic acids is 1. The molecule has 6 nitrogen and oxygen atoms in total. The smallest absolute Gasteiger partial charge is 0.388 e. The van der Waals surface area contributed by atoms with Crippen molar-refractivity contribution in [1.29, 1.82) is 0 Å². The second kappa shape index (κ2) is 6.74. The zero-order chi connectivity index (χ0) is 16.2. The molecule has 0 radical (unpaired) electrons. The standard InChI is InChI=1S/C12H16F3N3O3/c1-6(19)17-5-10(20)11(21)8-3-2-7(12(13,14)15)4-9(8)18-16/h2-4,10-11,18,20-21H,5,16H2,1H3,(H,17,19). The summed E-state index contributed by atoms with van der Waals surface area (Å²) in [6, 6.07) is 2.51. The summed E-state index contributed by atoms with van der Waals surface area (Å²) in [5.41, 5.74) is 0.930. The maximum absolute atomic E-state index is 12.6. The summed E-state index contributed by atoms with van der Waals surface area (Å²) in [5.74, 6) is 4.73. The first-order valence-electron chi connectivity index (χ1n) is 5.95. The first-order valence-corrected chi connectivity index (χ1v) is 5.95. The number of nitrogen functional groups attached to an aromatic ring is 1. The van der Waals surface area contributed by atoms with E-state index in [9.17, 15) is 28.2 Å². The number of halogens is 3. The average molecular weight is 307 g/mol. The van der Waals surface area contributed by atoms with E-state index < -0.39 is 29.9 Å². The van der Waals surface area contributed by atoms with Crippen LogP contribution in [0.1, 0.15) is 24.2 Å². The van der Waals surface area contributed by atoms with Gasteiger partial charge in [0.1, 0.15) is 12.2 Å². The lowest BCUT2D eigenvalue weighted by Crippen LogP contribution is -2.34. The van der Waals surface area contributed by atoms with Crippen LogP contribution in [0.3, 0.4) is 0 Å². The van der Waals surface area contributed by atoms with E-state index in [0.29, 0.717) is 0 Å². The van der Waals surface area contributed by atoms with Crippen molar-refractivity contribution in [1.82, 2.24) is 5.32 Å². The predicted octanol–water partition coefficient (Wildman–Crippen LogP) is 0.521. The molecule has 0 spiro atoms. The maximum Gasteiger partial charge on any atom is 0.416 e. The Labute approximate surface area is 118 Å². The molecule has 0 bridgehead atoms. The van der Waals surface area contributed by atoms with E-state index >= 15 is 0 Å². The molecule has 2 atom stereocenters. The Balaban J connectivity index is 2.98.